The number of carbonyl (C=O) groups excluding carboxylic acids is 1. The molecule has 2 unspecified atom stereocenters. The molecule has 0 radical (unpaired) electrons. The summed E-state index contributed by atoms with van der Waals surface area (Å²) in [5.41, 5.74) is 0. The predicted octanol–water partition coefficient (Wildman–Crippen LogP) is 3.17. The number of nitrogens with one attached hydrogen (secondary N) is 1. The van der Waals surface area contributed by atoms with Gasteiger partial charge >= 0.3 is 6.09 Å². The molecule has 1 aliphatic carbocycles. The lowest BCUT2D eigenvalue weighted by Crippen LogP contribution is -2.53. The first kappa shape index (κ1) is 15.6. The number of likely N-dealkylation sites (tertiary alicyclic amines) is 1. The Morgan fingerprint density at radius 3 is 2.60 bits per heavy atom. The van der Waals surface area contributed by atoms with Crippen LogP contribution in [0.3, 0.4) is 0 Å². The van der Waals surface area contributed by atoms with Crippen molar-refractivity contribution in [2.24, 2.45) is 5.92 Å². The minimum Gasteiger partial charge on any atom is -0.453 e. The third-order valence-corrected chi connectivity index (χ3v) is 4.74. The quantitative estimate of drug-likeness (QED) is 0.861. The fourth-order valence-corrected chi connectivity index (χ4v) is 3.82. The summed E-state index contributed by atoms with van der Waals surface area (Å²) in [6.45, 7) is 3.90. The first-order valence-corrected chi connectivity index (χ1v) is 8.31. The maximum Gasteiger partial charge on any atom is 0.409 e. The summed E-state index contributed by atoms with van der Waals surface area (Å²) < 4.78 is 4.91. The highest BCUT2D eigenvalue weighted by molar-refractivity contribution is 5.67. The van der Waals surface area contributed by atoms with Gasteiger partial charge < -0.3 is 15.0 Å². The second-order valence-corrected chi connectivity index (χ2v) is 6.46. The Kier molecular flexibility index (Phi) is 6.14. The van der Waals surface area contributed by atoms with Crippen molar-refractivity contribution in [3.63, 3.8) is 0 Å². The molecule has 2 rings (SSSR count). The smallest absolute Gasteiger partial charge is 0.409 e. The Hall–Kier alpha value is -0.770. The molecule has 4 heteroatoms. The van der Waals surface area contributed by atoms with E-state index in [1.807, 2.05) is 4.90 Å². The van der Waals surface area contributed by atoms with E-state index >= 15 is 0 Å². The summed E-state index contributed by atoms with van der Waals surface area (Å²) >= 11 is 0. The lowest BCUT2D eigenvalue weighted by atomic mass is 9.88. The average Bonchev–Trinajstić information content (AvgIpc) is 2.47. The van der Waals surface area contributed by atoms with Gasteiger partial charge in [0.1, 0.15) is 0 Å². The molecule has 1 aliphatic heterocycles. The highest BCUT2D eigenvalue weighted by Gasteiger charge is 2.31. The van der Waals surface area contributed by atoms with Gasteiger partial charge in [0, 0.05) is 25.2 Å². The standard InChI is InChI=1S/C16H30N2O2/c1-3-7-13-10-15(12-18(11-13)16(19)20-2)17-14-8-5-4-6-9-14/h13-15,17H,3-12H2,1-2H3. The molecule has 1 amide bonds. The number of carbonyl (C=O) groups is 1. The van der Waals surface area contributed by atoms with Gasteiger partial charge in [-0.2, -0.15) is 0 Å². The topological polar surface area (TPSA) is 41.6 Å². The Morgan fingerprint density at radius 1 is 1.20 bits per heavy atom. The first-order valence-electron chi connectivity index (χ1n) is 8.31. The molecule has 116 valence electrons. The average molecular weight is 282 g/mol. The van der Waals surface area contributed by atoms with E-state index in [0.717, 1.165) is 13.1 Å². The molecule has 20 heavy (non-hydrogen) atoms. The Morgan fingerprint density at radius 2 is 1.95 bits per heavy atom. The van der Waals surface area contributed by atoms with Crippen LogP contribution in [0.25, 0.3) is 0 Å². The van der Waals surface area contributed by atoms with E-state index in [4.69, 9.17) is 4.74 Å². The Labute approximate surface area is 123 Å². The predicted molar refractivity (Wildman–Crippen MR) is 80.8 cm³/mol. The van der Waals surface area contributed by atoms with E-state index in [9.17, 15) is 4.79 Å². The first-order chi connectivity index (χ1) is 9.72. The number of amides is 1. The lowest BCUT2D eigenvalue weighted by Gasteiger charge is -2.39. The third-order valence-electron chi connectivity index (χ3n) is 4.74. The SMILES string of the molecule is CCCC1CC(NC2CCCCC2)CN(C(=O)OC)C1. The van der Waals surface area contributed by atoms with Gasteiger partial charge in [-0.1, -0.05) is 32.6 Å². The van der Waals surface area contributed by atoms with Crippen LogP contribution in [-0.2, 0) is 4.74 Å². The highest BCUT2D eigenvalue weighted by atomic mass is 16.5. The van der Waals surface area contributed by atoms with Crippen LogP contribution in [0.1, 0.15) is 58.3 Å². The van der Waals surface area contributed by atoms with Crippen molar-refractivity contribution in [3.05, 3.63) is 0 Å². The molecule has 4 nitrogen and oxygen atoms in total. The van der Waals surface area contributed by atoms with Crippen molar-refractivity contribution in [1.82, 2.24) is 10.2 Å². The number of rotatable bonds is 4. The highest BCUT2D eigenvalue weighted by Crippen LogP contribution is 2.24. The molecule has 1 saturated carbocycles. The summed E-state index contributed by atoms with van der Waals surface area (Å²) in [5.74, 6) is 0.619. The fourth-order valence-electron chi connectivity index (χ4n) is 3.82. The summed E-state index contributed by atoms with van der Waals surface area (Å²) in [4.78, 5) is 13.7. The monoisotopic (exact) mass is 282 g/mol. The van der Waals surface area contributed by atoms with Gasteiger partial charge in [0.2, 0.25) is 0 Å². The van der Waals surface area contributed by atoms with E-state index in [2.05, 4.69) is 12.2 Å². The number of methoxy groups -OCH3 is 1. The van der Waals surface area contributed by atoms with Gasteiger partial charge in [0.05, 0.1) is 7.11 Å². The maximum atomic E-state index is 11.8. The number of piperidine rings is 1. The molecule has 0 bridgehead atoms. The molecule has 1 saturated heterocycles. The second-order valence-electron chi connectivity index (χ2n) is 6.46. The third kappa shape index (κ3) is 4.37. The normalized spacial score (nSPS) is 28.4. The van der Waals surface area contributed by atoms with Crippen LogP contribution >= 0.6 is 0 Å². The molecule has 2 aliphatic rings. The largest absolute Gasteiger partial charge is 0.453 e. The summed E-state index contributed by atoms with van der Waals surface area (Å²) in [5, 5.41) is 3.81. The number of ether oxygens (including phenoxy) is 1. The molecule has 0 aromatic heterocycles. The summed E-state index contributed by atoms with van der Waals surface area (Å²) in [7, 11) is 1.48. The molecule has 1 N–H and O–H groups in total. The maximum absolute atomic E-state index is 11.8. The minimum absolute atomic E-state index is 0.166. The molecule has 0 aromatic rings. The van der Waals surface area contributed by atoms with Crippen LogP contribution in [0.4, 0.5) is 4.79 Å². The van der Waals surface area contributed by atoms with Crippen molar-refractivity contribution in [3.8, 4) is 0 Å². The van der Waals surface area contributed by atoms with Gasteiger partial charge in [0.25, 0.3) is 0 Å². The fraction of sp³-hybridized carbons (Fsp3) is 0.938. The molecular formula is C16H30N2O2. The molecule has 0 spiro atoms. The van der Waals surface area contributed by atoms with E-state index in [1.165, 1.54) is 58.5 Å². The van der Waals surface area contributed by atoms with E-state index < -0.39 is 0 Å². The van der Waals surface area contributed by atoms with Gasteiger partial charge in [0.15, 0.2) is 0 Å². The lowest BCUT2D eigenvalue weighted by molar-refractivity contribution is 0.0855. The van der Waals surface area contributed by atoms with Crippen LogP contribution in [0.15, 0.2) is 0 Å². The molecule has 2 atom stereocenters. The molecule has 0 aromatic carbocycles. The van der Waals surface area contributed by atoms with Crippen molar-refractivity contribution in [2.75, 3.05) is 20.2 Å². The number of hydrogen-bond acceptors (Lipinski definition) is 3. The number of nitrogens with zero attached hydrogens (tertiary/aromatic N) is 1. The van der Waals surface area contributed by atoms with E-state index in [-0.39, 0.29) is 6.09 Å². The van der Waals surface area contributed by atoms with Gasteiger partial charge in [-0.25, -0.2) is 4.79 Å². The Balaban J connectivity index is 1.90. The van der Waals surface area contributed by atoms with Gasteiger partial charge in [-0.3, -0.25) is 0 Å². The summed E-state index contributed by atoms with van der Waals surface area (Å²) in [6, 6.07) is 1.11. The van der Waals surface area contributed by atoms with Gasteiger partial charge in [-0.05, 0) is 31.6 Å². The molecule has 2 fully saturated rings. The molecule has 1 heterocycles. The zero-order valence-electron chi connectivity index (χ0n) is 13.1. The van der Waals surface area contributed by atoms with Crippen LogP contribution in [0, 0.1) is 5.92 Å². The zero-order chi connectivity index (χ0) is 14.4. The second kappa shape index (κ2) is 7.87. The van der Waals surface area contributed by atoms with Crippen LogP contribution in [-0.4, -0.2) is 43.3 Å². The van der Waals surface area contributed by atoms with Crippen molar-refractivity contribution >= 4 is 6.09 Å². The van der Waals surface area contributed by atoms with Crippen LogP contribution in [0.5, 0.6) is 0 Å². The van der Waals surface area contributed by atoms with Crippen molar-refractivity contribution < 1.29 is 9.53 Å². The van der Waals surface area contributed by atoms with Gasteiger partial charge in [-0.15, -0.1) is 0 Å². The Bertz CT molecular complexity index is 303. The van der Waals surface area contributed by atoms with Crippen molar-refractivity contribution in [2.45, 2.75) is 70.4 Å². The number of hydrogen-bond donors (Lipinski definition) is 1. The zero-order valence-corrected chi connectivity index (χ0v) is 13.1. The van der Waals surface area contributed by atoms with E-state index in [1.54, 1.807) is 0 Å². The van der Waals surface area contributed by atoms with Crippen LogP contribution in [0.2, 0.25) is 0 Å². The van der Waals surface area contributed by atoms with E-state index in [0.29, 0.717) is 18.0 Å². The van der Waals surface area contributed by atoms with Crippen molar-refractivity contribution in [1.29, 1.82) is 0 Å². The van der Waals surface area contributed by atoms with Crippen LogP contribution < -0.4 is 5.32 Å². The minimum atomic E-state index is -0.166. The molecular weight excluding hydrogens is 252 g/mol. The summed E-state index contributed by atoms with van der Waals surface area (Å²) in [6.07, 6.45) is 10.1.